The summed E-state index contributed by atoms with van der Waals surface area (Å²) in [6.07, 6.45) is 2.20. The summed E-state index contributed by atoms with van der Waals surface area (Å²) in [5.41, 5.74) is 6.05. The van der Waals surface area contributed by atoms with Gasteiger partial charge in [0.05, 0.1) is 5.69 Å². The first-order valence-corrected chi connectivity index (χ1v) is 16.3. The molecule has 0 radical (unpaired) electrons. The molecule has 0 atom stereocenters. The van der Waals surface area contributed by atoms with Crippen LogP contribution in [0.4, 0.5) is 33.1 Å². The van der Waals surface area contributed by atoms with E-state index in [0.717, 1.165) is 0 Å². The van der Waals surface area contributed by atoms with Crippen LogP contribution in [0.25, 0.3) is 0 Å². The zero-order valence-corrected chi connectivity index (χ0v) is 26.3. The highest BCUT2D eigenvalue weighted by Crippen LogP contribution is 2.49. The third-order valence-corrected chi connectivity index (χ3v) is 9.57. The average molecular weight is 661 g/mol. The molecule has 2 heterocycles. The van der Waals surface area contributed by atoms with Crippen molar-refractivity contribution in [3.8, 4) is 11.6 Å². The predicted octanol–water partition coefficient (Wildman–Crippen LogP) is 3.99. The Balaban J connectivity index is 1.14. The summed E-state index contributed by atoms with van der Waals surface area (Å²) < 4.78 is 49.4. The lowest BCUT2D eigenvalue weighted by Gasteiger charge is -2.31. The molecule has 13 nitrogen and oxygen atoms in total. The molecular formula is C32H33FN8O5S. The van der Waals surface area contributed by atoms with Gasteiger partial charge in [-0.25, -0.2) is 9.37 Å². The zero-order chi connectivity index (χ0) is 33.2. The van der Waals surface area contributed by atoms with Crippen molar-refractivity contribution in [3.63, 3.8) is 0 Å². The summed E-state index contributed by atoms with van der Waals surface area (Å²) >= 11 is 0. The number of hydrogen-bond donors (Lipinski definition) is 3. The molecule has 4 N–H and O–H groups in total. The monoisotopic (exact) mass is 660 g/mol. The van der Waals surface area contributed by atoms with Gasteiger partial charge < -0.3 is 20.7 Å². The molecule has 0 unspecified atom stereocenters. The highest BCUT2D eigenvalue weighted by atomic mass is 32.2. The van der Waals surface area contributed by atoms with Crippen LogP contribution >= 0.6 is 0 Å². The van der Waals surface area contributed by atoms with Gasteiger partial charge in [0.25, 0.3) is 0 Å². The first-order valence-electron chi connectivity index (χ1n) is 14.9. The summed E-state index contributed by atoms with van der Waals surface area (Å²) in [5, 5.41) is 3.06. The van der Waals surface area contributed by atoms with Crippen molar-refractivity contribution in [1.29, 1.82) is 0 Å². The first-order chi connectivity index (χ1) is 22.5. The second-order valence-corrected chi connectivity index (χ2v) is 13.1. The summed E-state index contributed by atoms with van der Waals surface area (Å²) in [4.78, 5) is 37.7. The SMILES string of the molecule is CN1CCN(S(=O)(=O)Nc2cccc(Nc3nccc(Oc4ccc(N(C(=O)C5(C(N)=O)CC5)c5ccc(F)cc5)cc4)n3)c2)CC1. The number of rotatable bonds is 11. The van der Waals surface area contributed by atoms with Crippen LogP contribution < -0.4 is 25.4 Å². The minimum absolute atomic E-state index is 0.215. The molecule has 0 bridgehead atoms. The number of carbonyl (C=O) groups excluding carboxylic acids is 2. The third-order valence-electron chi connectivity index (χ3n) is 8.03. The molecule has 4 aromatic rings. The largest absolute Gasteiger partial charge is 0.439 e. The molecule has 2 amide bonds. The zero-order valence-electron chi connectivity index (χ0n) is 25.5. The van der Waals surface area contributed by atoms with Crippen LogP contribution in [-0.2, 0) is 19.8 Å². The molecule has 1 aromatic heterocycles. The molecule has 2 fully saturated rings. The van der Waals surface area contributed by atoms with Crippen molar-refractivity contribution in [2.45, 2.75) is 12.8 Å². The average Bonchev–Trinajstić information content (AvgIpc) is 3.86. The normalized spacial score (nSPS) is 16.2. The number of likely N-dealkylation sites (N-methyl/N-ethyl adjacent to an activating group) is 1. The standard InChI is InChI=1S/C32H33FN8O5S/c1-39-17-19-40(20-18-39)47(44,45)38-24-4-2-3-23(21-24)36-31-35-16-13-28(37-31)46-27-11-9-26(10-12-27)41(25-7-5-22(33)6-8-25)30(43)32(14-15-32)29(34)42/h2-13,16,21,38H,14-15,17-20H2,1H3,(H2,34,42)(H,35,36,37). The highest BCUT2D eigenvalue weighted by molar-refractivity contribution is 7.90. The first kappa shape index (κ1) is 31.8. The quantitative estimate of drug-likeness (QED) is 0.202. The summed E-state index contributed by atoms with van der Waals surface area (Å²) in [6.45, 7) is 2.14. The van der Waals surface area contributed by atoms with E-state index in [0.29, 0.717) is 67.5 Å². The predicted molar refractivity (Wildman–Crippen MR) is 174 cm³/mol. The molecule has 1 saturated carbocycles. The second-order valence-electron chi connectivity index (χ2n) is 11.4. The smallest absolute Gasteiger partial charge is 0.301 e. The Morgan fingerprint density at radius 3 is 2.21 bits per heavy atom. The van der Waals surface area contributed by atoms with Gasteiger partial charge in [-0.2, -0.15) is 17.7 Å². The molecule has 3 aromatic carbocycles. The van der Waals surface area contributed by atoms with Crippen LogP contribution in [0.3, 0.4) is 0 Å². The molecule has 1 saturated heterocycles. The number of piperazine rings is 1. The van der Waals surface area contributed by atoms with E-state index in [9.17, 15) is 22.4 Å². The molecule has 1 aliphatic heterocycles. The number of halogens is 1. The van der Waals surface area contributed by atoms with Crippen molar-refractivity contribution in [2.75, 3.05) is 48.2 Å². The van der Waals surface area contributed by atoms with E-state index in [4.69, 9.17) is 10.5 Å². The Kier molecular flexibility index (Phi) is 8.77. The van der Waals surface area contributed by atoms with E-state index in [1.165, 1.54) is 39.7 Å². The van der Waals surface area contributed by atoms with Gasteiger partial charge in [-0.15, -0.1) is 0 Å². The fourth-order valence-electron chi connectivity index (χ4n) is 5.15. The molecule has 47 heavy (non-hydrogen) atoms. The number of nitrogens with one attached hydrogen (secondary N) is 2. The number of nitrogens with zero attached hydrogens (tertiary/aromatic N) is 5. The van der Waals surface area contributed by atoms with E-state index < -0.39 is 33.3 Å². The van der Waals surface area contributed by atoms with Crippen molar-refractivity contribution >= 4 is 50.7 Å². The number of nitrogens with two attached hydrogens (primary N) is 1. The summed E-state index contributed by atoms with van der Waals surface area (Å²) in [6, 6.07) is 20.3. The van der Waals surface area contributed by atoms with Gasteiger partial charge in [0, 0.05) is 55.5 Å². The van der Waals surface area contributed by atoms with Gasteiger partial charge in [-0.1, -0.05) is 6.07 Å². The van der Waals surface area contributed by atoms with Crippen LogP contribution in [0.5, 0.6) is 11.6 Å². The van der Waals surface area contributed by atoms with Crippen LogP contribution in [0, 0.1) is 11.2 Å². The van der Waals surface area contributed by atoms with Crippen molar-refractivity contribution in [3.05, 3.63) is 90.9 Å². The molecule has 244 valence electrons. The van der Waals surface area contributed by atoms with E-state index in [1.54, 1.807) is 54.6 Å². The van der Waals surface area contributed by atoms with Crippen LogP contribution in [0.2, 0.25) is 0 Å². The second kappa shape index (κ2) is 12.9. The lowest BCUT2D eigenvalue weighted by molar-refractivity contribution is -0.133. The van der Waals surface area contributed by atoms with Crippen LogP contribution in [0.1, 0.15) is 12.8 Å². The van der Waals surface area contributed by atoms with E-state index >= 15 is 0 Å². The Morgan fingerprint density at radius 1 is 0.936 bits per heavy atom. The number of carbonyl (C=O) groups is 2. The van der Waals surface area contributed by atoms with E-state index in [1.807, 2.05) is 7.05 Å². The Morgan fingerprint density at radius 2 is 1.57 bits per heavy atom. The molecule has 1 aliphatic carbocycles. The molecular weight excluding hydrogens is 627 g/mol. The van der Waals surface area contributed by atoms with Gasteiger partial charge in [-0.3, -0.25) is 19.2 Å². The maximum Gasteiger partial charge on any atom is 0.301 e. The maximum atomic E-state index is 13.7. The number of primary amides is 1. The van der Waals surface area contributed by atoms with Gasteiger partial charge in [0.15, 0.2) is 0 Å². The highest BCUT2D eigenvalue weighted by Gasteiger charge is 2.57. The number of anilines is 5. The molecule has 0 spiro atoms. The van der Waals surface area contributed by atoms with Crippen molar-refractivity contribution in [2.24, 2.45) is 11.1 Å². The minimum Gasteiger partial charge on any atom is -0.439 e. The maximum absolute atomic E-state index is 13.7. The van der Waals surface area contributed by atoms with E-state index in [2.05, 4.69) is 24.9 Å². The number of amides is 2. The number of hydrogen-bond acceptors (Lipinski definition) is 9. The Labute approximate surface area is 271 Å². The topological polar surface area (TPSA) is 163 Å². The van der Waals surface area contributed by atoms with Gasteiger partial charge in [-0.05, 0) is 86.6 Å². The van der Waals surface area contributed by atoms with Crippen molar-refractivity contribution < 1.29 is 27.1 Å². The Hall–Kier alpha value is -5.12. The Bertz CT molecular complexity index is 1880. The third kappa shape index (κ3) is 7.16. The van der Waals surface area contributed by atoms with E-state index in [-0.39, 0.29) is 11.8 Å². The fraction of sp³-hybridized carbons (Fsp3) is 0.250. The van der Waals surface area contributed by atoms with Gasteiger partial charge >= 0.3 is 10.2 Å². The molecule has 6 rings (SSSR count). The lowest BCUT2D eigenvalue weighted by Crippen LogP contribution is -2.48. The molecule has 2 aliphatic rings. The van der Waals surface area contributed by atoms with Crippen LogP contribution in [0.15, 0.2) is 85.1 Å². The fourth-order valence-corrected chi connectivity index (χ4v) is 6.35. The minimum atomic E-state index is -3.71. The number of ether oxygens (including phenoxy) is 1. The lowest BCUT2D eigenvalue weighted by atomic mass is 10.0. The molecule has 15 heteroatoms. The number of benzene rings is 3. The van der Waals surface area contributed by atoms with Crippen molar-refractivity contribution in [1.82, 2.24) is 19.2 Å². The van der Waals surface area contributed by atoms with Gasteiger partial charge in [0.1, 0.15) is 17.0 Å². The summed E-state index contributed by atoms with van der Waals surface area (Å²) in [5.74, 6) is -0.791. The van der Waals surface area contributed by atoms with Gasteiger partial charge in [0.2, 0.25) is 23.6 Å². The summed E-state index contributed by atoms with van der Waals surface area (Å²) in [7, 11) is -1.75. The van der Waals surface area contributed by atoms with Crippen LogP contribution in [-0.4, -0.2) is 72.6 Å². The number of aromatic nitrogens is 2.